The van der Waals surface area contributed by atoms with Crippen molar-refractivity contribution in [2.75, 3.05) is 0 Å². The Hall–Kier alpha value is 3.44. The highest BCUT2D eigenvalue weighted by atomic mass is 33.0. The first-order valence-electron chi connectivity index (χ1n) is 1.68. The van der Waals surface area contributed by atoms with Gasteiger partial charge in [0.05, 0.1) is 0 Å². The molecule has 8 heteroatoms. The van der Waals surface area contributed by atoms with Gasteiger partial charge in [0.15, 0.2) is 0 Å². The van der Waals surface area contributed by atoms with Gasteiger partial charge in [-0.1, -0.05) is 7.96 Å². The van der Waals surface area contributed by atoms with Crippen LogP contribution in [0.15, 0.2) is 0 Å². The smallest absolute Gasteiger partial charge is 0.0444 e. The largest absolute Gasteiger partial charge is 0.473 e. The van der Waals surface area contributed by atoms with Gasteiger partial charge < -0.3 is 7.96 Å². The van der Waals surface area contributed by atoms with Crippen LogP contribution in [0.1, 0.15) is 0 Å². The SMILES string of the molecule is P[P-]P(P)PP(P)P. The molecule has 0 aliphatic carbocycles. The average Bonchev–Trinajstić information content (AvgIpc) is 1.65. The van der Waals surface area contributed by atoms with Crippen LogP contribution >= 0.6 is 65.6 Å². The molecule has 0 saturated carbocycles. The van der Waals surface area contributed by atoms with E-state index in [1.165, 1.54) is 7.96 Å². The zero-order chi connectivity index (χ0) is 6.57. The van der Waals surface area contributed by atoms with E-state index in [2.05, 4.69) is 35.7 Å². The summed E-state index contributed by atoms with van der Waals surface area (Å²) in [5, 5.41) is 0. The first kappa shape index (κ1) is 11.4. The molecule has 0 amide bonds. The van der Waals surface area contributed by atoms with E-state index < -0.39 is 0 Å². The summed E-state index contributed by atoms with van der Waals surface area (Å²) in [6.07, 6.45) is 0. The van der Waals surface area contributed by atoms with E-state index in [1.807, 2.05) is 0 Å². The van der Waals surface area contributed by atoms with Crippen LogP contribution in [0.4, 0.5) is 0 Å². The Kier molecular flexibility index (Phi) is 10.2. The zero-order valence-corrected chi connectivity index (χ0v) is 12.5. The van der Waals surface area contributed by atoms with Gasteiger partial charge in [-0.3, -0.25) is 8.93 Å². The lowest BCUT2D eigenvalue weighted by Crippen LogP contribution is -1.18. The highest BCUT2D eigenvalue weighted by Crippen LogP contribution is 2.91. The summed E-state index contributed by atoms with van der Waals surface area (Å²) >= 11 is 0. The molecule has 0 bridgehead atoms. The molecule has 0 aliphatic heterocycles. The van der Waals surface area contributed by atoms with Crippen molar-refractivity contribution in [3.8, 4) is 0 Å². The summed E-state index contributed by atoms with van der Waals surface area (Å²) in [7, 11) is 14.0. The summed E-state index contributed by atoms with van der Waals surface area (Å²) in [6, 6.07) is 0. The molecule has 6 unspecified atom stereocenters. The van der Waals surface area contributed by atoms with Crippen molar-refractivity contribution in [2.45, 2.75) is 0 Å². The van der Waals surface area contributed by atoms with Crippen LogP contribution in [-0.4, -0.2) is 0 Å². The second-order valence-electron chi connectivity index (χ2n) is 0.967. The molecular weight excluding hydrogens is 248 g/mol. The minimum Gasteiger partial charge on any atom is -0.473 e. The molecule has 0 rings (SSSR count). The minimum absolute atomic E-state index is 0.203. The van der Waals surface area contributed by atoms with Crippen molar-refractivity contribution < 1.29 is 0 Å². The zero-order valence-electron chi connectivity index (χ0n) is 4.15. The van der Waals surface area contributed by atoms with Crippen molar-refractivity contribution in [3.05, 3.63) is 0 Å². The number of hydrogen-bond donors (Lipinski definition) is 0. The fraction of sp³-hybridized carbons (Fsp3) is 0. The summed E-state index contributed by atoms with van der Waals surface area (Å²) in [6.45, 7) is 0.452. The molecule has 50 valence electrons. The van der Waals surface area contributed by atoms with Crippen molar-refractivity contribution in [1.29, 1.82) is 0 Å². The highest BCUT2D eigenvalue weighted by Gasteiger charge is 1.90. The Morgan fingerprint density at radius 1 is 1.25 bits per heavy atom. The van der Waals surface area contributed by atoms with Crippen molar-refractivity contribution >= 4 is 65.6 Å². The fourth-order valence-corrected chi connectivity index (χ4v) is 35.0. The fourth-order valence-electron chi connectivity index (χ4n) is 0.144. The molecule has 0 heterocycles. The Morgan fingerprint density at radius 3 is 1.88 bits per heavy atom. The first-order valence-corrected chi connectivity index (χ1v) is 15.1. The number of rotatable bonds is 3. The number of hydrogen-bond acceptors (Lipinski definition) is 0. The predicted molar refractivity (Wildman–Crippen MR) is 67.9 cm³/mol. The van der Waals surface area contributed by atoms with Crippen LogP contribution in [0.3, 0.4) is 0 Å². The molecular formula is H9P8-. The van der Waals surface area contributed by atoms with Gasteiger partial charge in [0.1, 0.15) is 0 Å². The van der Waals surface area contributed by atoms with Gasteiger partial charge in [-0.05, 0) is 6.99 Å². The van der Waals surface area contributed by atoms with Crippen LogP contribution < -0.4 is 0 Å². The van der Waals surface area contributed by atoms with E-state index in [9.17, 15) is 0 Å². The van der Waals surface area contributed by atoms with Gasteiger partial charge in [0.25, 0.3) is 0 Å². The van der Waals surface area contributed by atoms with Crippen LogP contribution in [-0.2, 0) is 0 Å². The maximum absolute atomic E-state index is 2.91. The Labute approximate surface area is 65.8 Å². The highest BCUT2D eigenvalue weighted by molar-refractivity contribution is 8.97. The molecule has 6 atom stereocenters. The monoisotopic (exact) mass is 257 g/mol. The maximum atomic E-state index is 2.91. The Bertz CT molecular complexity index is 46.0. The summed E-state index contributed by atoms with van der Waals surface area (Å²) in [4.78, 5) is 0. The van der Waals surface area contributed by atoms with Crippen LogP contribution in [0.5, 0.6) is 0 Å². The molecule has 0 fully saturated rings. The third-order valence-corrected chi connectivity index (χ3v) is 27.7. The second kappa shape index (κ2) is 7.11. The third kappa shape index (κ3) is 7.55. The Morgan fingerprint density at radius 2 is 1.75 bits per heavy atom. The molecule has 8 heavy (non-hydrogen) atoms. The molecule has 0 aliphatic rings. The van der Waals surface area contributed by atoms with Crippen LogP contribution in [0.25, 0.3) is 0 Å². The summed E-state index contributed by atoms with van der Waals surface area (Å²) in [5.74, 6) is 0. The van der Waals surface area contributed by atoms with Gasteiger partial charge in [-0.2, -0.15) is 0 Å². The van der Waals surface area contributed by atoms with E-state index in [-0.39, 0.29) is 14.0 Å². The maximum Gasteiger partial charge on any atom is -0.0444 e. The van der Waals surface area contributed by atoms with E-state index >= 15 is 0 Å². The molecule has 0 radical (unpaired) electrons. The van der Waals surface area contributed by atoms with E-state index in [1.54, 1.807) is 0 Å². The van der Waals surface area contributed by atoms with E-state index in [0.717, 1.165) is 7.96 Å². The van der Waals surface area contributed by atoms with Crippen LogP contribution in [0, 0.1) is 0 Å². The topological polar surface area (TPSA) is 0 Å². The lowest BCUT2D eigenvalue weighted by atomic mass is 28.9. The molecule has 0 saturated heterocycles. The second-order valence-corrected chi connectivity index (χ2v) is 26.1. The molecule has 0 aromatic heterocycles. The standard InChI is InChI=1S/H9P8/c1-5-8(4)6-7(2)3/h6H,1-4H2/q-1. The molecule has 0 aromatic rings. The molecule has 0 nitrogen and oxygen atoms in total. The normalized spacial score (nSPS) is 17.6. The quantitative estimate of drug-likeness (QED) is 0.653. The van der Waals surface area contributed by atoms with Gasteiger partial charge in [0, 0.05) is 0 Å². The van der Waals surface area contributed by atoms with Gasteiger partial charge in [0.2, 0.25) is 0 Å². The van der Waals surface area contributed by atoms with Gasteiger partial charge in [-0.15, -0.1) is 26.8 Å². The van der Waals surface area contributed by atoms with E-state index in [0.29, 0.717) is 0 Å². The van der Waals surface area contributed by atoms with Crippen molar-refractivity contribution in [1.82, 2.24) is 0 Å². The van der Waals surface area contributed by atoms with Crippen LogP contribution in [0.2, 0.25) is 0 Å². The minimum atomic E-state index is 0.203. The summed E-state index contributed by atoms with van der Waals surface area (Å²) in [5.41, 5.74) is 0. The molecule has 0 aromatic carbocycles. The third-order valence-electron chi connectivity index (χ3n) is 0.342. The van der Waals surface area contributed by atoms with Gasteiger partial charge >= 0.3 is 0 Å². The Balaban J connectivity index is 3.10. The lowest BCUT2D eigenvalue weighted by Gasteiger charge is -2.24. The van der Waals surface area contributed by atoms with Crippen molar-refractivity contribution in [3.63, 3.8) is 0 Å². The first-order chi connectivity index (χ1) is 3.66. The summed E-state index contributed by atoms with van der Waals surface area (Å²) < 4.78 is 0. The van der Waals surface area contributed by atoms with Crippen molar-refractivity contribution in [2.24, 2.45) is 0 Å². The van der Waals surface area contributed by atoms with E-state index in [4.69, 9.17) is 0 Å². The molecule has 0 spiro atoms. The average molecular weight is 257 g/mol. The molecule has 0 N–H and O–H groups in total. The predicted octanol–water partition coefficient (Wildman–Crippen LogP) is 4.48. The lowest BCUT2D eigenvalue weighted by molar-refractivity contribution is 4.88. The van der Waals surface area contributed by atoms with Gasteiger partial charge in [-0.25, -0.2) is 6.99 Å².